The fraction of sp³-hybridized carbons (Fsp3) is 0.438. The minimum absolute atomic E-state index is 0.0673. The molecule has 0 unspecified atom stereocenters. The quantitative estimate of drug-likeness (QED) is 0.00572. The van der Waals surface area contributed by atoms with Crippen LogP contribution in [-0.2, 0) is 28.8 Å². The van der Waals surface area contributed by atoms with E-state index in [0.29, 0.717) is 82.8 Å². The number of hydrogen-bond acceptors (Lipinski definition) is 9. The van der Waals surface area contributed by atoms with E-state index in [1.165, 1.54) is 0 Å². The lowest BCUT2D eigenvalue weighted by Gasteiger charge is -2.03. The molecule has 0 aromatic rings. The molecule has 0 spiro atoms. The maximum absolute atomic E-state index is 10.3. The molecule has 0 radical (unpaired) electrons. The van der Waals surface area contributed by atoms with Crippen LogP contribution in [0, 0.1) is 47.4 Å². The van der Waals surface area contributed by atoms with Gasteiger partial charge in [0.15, 0.2) is 0 Å². The Labute approximate surface area is 614 Å². The second-order valence-corrected chi connectivity index (χ2v) is 22.4. The van der Waals surface area contributed by atoms with Crippen LogP contribution >= 0.6 is 0 Å². The number of carbonyl (C=O) groups is 4. The zero-order valence-corrected chi connectivity index (χ0v) is 61.6. The summed E-state index contributed by atoms with van der Waals surface area (Å²) in [6, 6.07) is 0. The van der Waals surface area contributed by atoms with Gasteiger partial charge in [0.1, 0.15) is 6.10 Å². The molecule has 1 saturated heterocycles. The van der Waals surface area contributed by atoms with Crippen molar-refractivity contribution >= 4 is 23.9 Å². The van der Waals surface area contributed by atoms with E-state index in [4.69, 9.17) is 30.4 Å². The number of carboxylic acids is 4. The second kappa shape index (κ2) is 82.6. The Hall–Kier alpha value is -9.02. The van der Waals surface area contributed by atoms with Crippen molar-refractivity contribution in [2.45, 2.75) is 251 Å². The van der Waals surface area contributed by atoms with Crippen LogP contribution in [0.25, 0.3) is 0 Å². The largest absolute Gasteiger partial charge is 0.481 e. The van der Waals surface area contributed by atoms with Crippen molar-refractivity contribution in [1.82, 2.24) is 0 Å². The Morgan fingerprint density at radius 1 is 0.333 bits per heavy atom. The first kappa shape index (κ1) is 97.2. The SMILES string of the molecule is CC/C=C\C/C=C\C/C=C\C/C=C\C/C=C\CC#CCCCC(=O)O.CC/C=C\C[C@@H](/C=C/C=C\C/C=C\C/C=C\CC#CCCC(=O)O)OO.CC/C=C\C[C@@H]1O[C@@H]1C/C=C\C/C=C\C/C=C\CC#CCCC(=O)O.CC/C=C\C[C@H](O)/C=C/C=C\C=C\[C@@H](O)C/C=C\CC#CCCC(=O)O. The minimum Gasteiger partial charge on any atom is -0.481 e. The average molecular weight is 1400 g/mol. The van der Waals surface area contributed by atoms with E-state index in [1.807, 2.05) is 79.0 Å². The fourth-order valence-electron chi connectivity index (χ4n) is 7.71. The lowest BCUT2D eigenvalue weighted by Crippen LogP contribution is -2.04. The summed E-state index contributed by atoms with van der Waals surface area (Å²) in [5.74, 6) is 20.0. The van der Waals surface area contributed by atoms with E-state index >= 15 is 0 Å². The molecular formula is C89H122O13. The van der Waals surface area contributed by atoms with Gasteiger partial charge in [0.05, 0.1) is 43.7 Å². The van der Waals surface area contributed by atoms with E-state index in [9.17, 15) is 29.4 Å². The summed E-state index contributed by atoms with van der Waals surface area (Å²) in [7, 11) is 0. The summed E-state index contributed by atoms with van der Waals surface area (Å²) in [6.07, 6.45) is 97.6. The molecule has 0 aromatic carbocycles. The van der Waals surface area contributed by atoms with E-state index < -0.39 is 36.1 Å². The molecule has 1 fully saturated rings. The standard InChI is InChI=1S/C23H32O2.2C22H30O4.C22H30O3/c1-2-3-4-5-6-7-8-9-10-11-12-13-14-15-16-17-18-19-20-21-22-23(24)25;1-2-3-10-15-20(23)17-12-8-9-13-18-21(24)16-11-6-4-5-7-14-19-22(25)26;1-2-3-15-18-21(26-25)19-16-13-11-9-7-5-4-6-8-10-12-14-17-20-22(23)24;1-2-3-14-17-20-21(25-20)18-15-12-10-8-6-4-5-7-9-11-13-16-19-22(23)24/h3-4,6-7,9-10,12-13,15-16H,2,5,8,11,14,17,20-22H2,1H3,(H,24,25);3,6,8-13,17-18,20-21,23-24H,2,4,14-16,19H2,1H3,(H,25,26);3,5-8,11,13,15-16,19,21,25H,2,4,9-10,17-18,20H2,1H3,(H,23,24);3,5-8,12,14-15,20-21H,2,4,9-10,16-19H2,1H3,(H,23,24)/b4-3-,7-6-,10-9-,13-12-,16-15-;9-8-,10-3-,11-6-,17-12+,18-13+;7-5-,8-6-,13-11-,15-3-,19-16+;7-5-,8-6-,14-3-,15-12-/t;20-,21-;21-;20-,21+/m.000/s1. The molecule has 1 aliphatic heterocycles. The van der Waals surface area contributed by atoms with Crippen LogP contribution in [0.3, 0.4) is 0 Å². The first-order valence-electron chi connectivity index (χ1n) is 36.2. The molecule has 0 aliphatic carbocycles. The molecule has 1 heterocycles. The van der Waals surface area contributed by atoms with Gasteiger partial charge in [0, 0.05) is 57.8 Å². The molecule has 0 aromatic heterocycles. The first-order chi connectivity index (χ1) is 49.8. The number of unbranched alkanes of at least 4 members (excludes halogenated alkanes) is 1. The van der Waals surface area contributed by atoms with Crippen LogP contribution in [-0.4, -0.2) is 90.3 Å². The molecule has 7 N–H and O–H groups in total. The zero-order chi connectivity index (χ0) is 75.4. The van der Waals surface area contributed by atoms with Crippen molar-refractivity contribution < 1.29 is 64.7 Å². The third-order valence-electron chi connectivity index (χ3n) is 13.2. The molecule has 102 heavy (non-hydrogen) atoms. The Balaban J connectivity index is -0.00000128. The molecule has 0 amide bonds. The number of ether oxygens (including phenoxy) is 1. The van der Waals surface area contributed by atoms with Crippen LogP contribution in [0.1, 0.15) is 220 Å². The maximum Gasteiger partial charge on any atom is 0.304 e. The highest BCUT2D eigenvalue weighted by atomic mass is 17.1. The van der Waals surface area contributed by atoms with Gasteiger partial charge in [-0.1, -0.05) is 282 Å². The third-order valence-corrected chi connectivity index (χ3v) is 13.2. The molecule has 1 rings (SSSR count). The number of aliphatic hydroxyl groups excluding tert-OH is 2. The Morgan fingerprint density at radius 2 is 0.627 bits per heavy atom. The smallest absolute Gasteiger partial charge is 0.304 e. The van der Waals surface area contributed by atoms with Gasteiger partial charge in [-0.2, -0.15) is 0 Å². The Morgan fingerprint density at radius 3 is 1.01 bits per heavy atom. The maximum atomic E-state index is 10.3. The predicted octanol–water partition coefficient (Wildman–Crippen LogP) is 21.0. The monoisotopic (exact) mass is 1400 g/mol. The molecule has 0 bridgehead atoms. The number of rotatable bonds is 50. The average Bonchev–Trinajstić information content (AvgIpc) is 1.71. The number of aliphatic carboxylic acids is 4. The molecule has 1 aliphatic rings. The van der Waals surface area contributed by atoms with Gasteiger partial charge in [-0.25, -0.2) is 4.89 Å². The lowest BCUT2D eigenvalue weighted by molar-refractivity contribution is -0.264. The molecule has 5 atom stereocenters. The van der Waals surface area contributed by atoms with Gasteiger partial charge in [0.2, 0.25) is 0 Å². The van der Waals surface area contributed by atoms with Gasteiger partial charge < -0.3 is 35.4 Å². The molecule has 13 heteroatoms. The summed E-state index contributed by atoms with van der Waals surface area (Å²) in [4.78, 5) is 45.6. The van der Waals surface area contributed by atoms with Crippen LogP contribution in [0.15, 0.2) is 231 Å². The summed E-state index contributed by atoms with van der Waals surface area (Å²) in [5.41, 5.74) is 0. The van der Waals surface area contributed by atoms with Crippen molar-refractivity contribution in [3.63, 3.8) is 0 Å². The number of aliphatic hydroxyl groups is 2. The summed E-state index contributed by atoms with van der Waals surface area (Å²) < 4.78 is 5.61. The van der Waals surface area contributed by atoms with Crippen molar-refractivity contribution in [2.24, 2.45) is 0 Å². The predicted molar refractivity (Wildman–Crippen MR) is 425 cm³/mol. The van der Waals surface area contributed by atoms with Crippen LogP contribution in [0.4, 0.5) is 0 Å². The van der Waals surface area contributed by atoms with Gasteiger partial charge in [0.25, 0.3) is 0 Å². The number of epoxide rings is 1. The van der Waals surface area contributed by atoms with E-state index in [0.717, 1.165) is 96.3 Å². The molecule has 0 saturated carbocycles. The fourth-order valence-corrected chi connectivity index (χ4v) is 7.71. The molecule has 13 nitrogen and oxygen atoms in total. The highest BCUT2D eigenvalue weighted by Gasteiger charge is 2.36. The van der Waals surface area contributed by atoms with Crippen LogP contribution in [0.5, 0.6) is 0 Å². The van der Waals surface area contributed by atoms with Crippen molar-refractivity contribution in [2.75, 3.05) is 0 Å². The van der Waals surface area contributed by atoms with E-state index in [1.54, 1.807) is 36.5 Å². The van der Waals surface area contributed by atoms with Gasteiger partial charge in [-0.3, -0.25) is 24.4 Å². The summed E-state index contributed by atoms with van der Waals surface area (Å²) in [6.45, 7) is 8.41. The van der Waals surface area contributed by atoms with Crippen LogP contribution in [0.2, 0.25) is 0 Å². The molecule has 556 valence electrons. The van der Waals surface area contributed by atoms with E-state index in [-0.39, 0.29) is 31.8 Å². The normalized spacial score (nSPS) is 14.9. The number of carboxylic acid groups (broad SMARTS) is 4. The highest BCUT2D eigenvalue weighted by molar-refractivity contribution is 5.68. The van der Waals surface area contributed by atoms with Gasteiger partial charge >= 0.3 is 23.9 Å². The topological polar surface area (TPSA) is 232 Å². The first-order valence-corrected chi connectivity index (χ1v) is 36.2. The Bertz CT molecular complexity index is 3000. The summed E-state index contributed by atoms with van der Waals surface area (Å²) in [5, 5.41) is 62.1. The van der Waals surface area contributed by atoms with Crippen LogP contribution < -0.4 is 0 Å². The van der Waals surface area contributed by atoms with Crippen molar-refractivity contribution in [3.05, 3.63) is 231 Å². The van der Waals surface area contributed by atoms with Crippen molar-refractivity contribution in [3.8, 4) is 47.4 Å². The minimum atomic E-state index is -0.838. The summed E-state index contributed by atoms with van der Waals surface area (Å²) >= 11 is 0. The molecular weight excluding hydrogens is 1280 g/mol. The van der Waals surface area contributed by atoms with Crippen molar-refractivity contribution in [1.29, 1.82) is 0 Å². The van der Waals surface area contributed by atoms with Gasteiger partial charge in [-0.05, 0) is 116 Å². The Kier molecular flexibility index (Phi) is 78.7. The highest BCUT2D eigenvalue weighted by Crippen LogP contribution is 2.29. The number of allylic oxidation sites excluding steroid dienone is 30. The van der Waals surface area contributed by atoms with Gasteiger partial charge in [-0.15, -0.1) is 23.7 Å². The third kappa shape index (κ3) is 89.0. The van der Waals surface area contributed by atoms with E-state index in [2.05, 4.69) is 195 Å². The number of hydrogen-bond donors (Lipinski definition) is 7. The zero-order valence-electron chi connectivity index (χ0n) is 61.6. The second-order valence-electron chi connectivity index (χ2n) is 22.4. The lowest BCUT2D eigenvalue weighted by atomic mass is 10.1.